The number of rotatable bonds is 5. The van der Waals surface area contributed by atoms with Gasteiger partial charge in [0.15, 0.2) is 0 Å². The van der Waals surface area contributed by atoms with E-state index in [1.807, 2.05) is 43.3 Å². The van der Waals surface area contributed by atoms with E-state index in [0.717, 1.165) is 18.8 Å². The Kier molecular flexibility index (Phi) is 5.28. The van der Waals surface area contributed by atoms with Crippen LogP contribution in [0.5, 0.6) is 0 Å². The van der Waals surface area contributed by atoms with Crippen LogP contribution in [0.15, 0.2) is 60.7 Å². The lowest BCUT2D eigenvalue weighted by Gasteiger charge is -2.23. The molecule has 4 nitrogen and oxygen atoms in total. The van der Waals surface area contributed by atoms with Crippen molar-refractivity contribution in [2.75, 3.05) is 25.0 Å². The molecule has 2 aromatic rings. The minimum Gasteiger partial charge on any atom is -0.330 e. The lowest BCUT2D eigenvalue weighted by molar-refractivity contribution is -0.120. The summed E-state index contributed by atoms with van der Waals surface area (Å²) in [5.41, 5.74) is 8.14. The van der Waals surface area contributed by atoms with Crippen LogP contribution in [0.3, 0.4) is 0 Å². The minimum absolute atomic E-state index is 0.0330. The van der Waals surface area contributed by atoms with Crippen LogP contribution in [-0.4, -0.2) is 36.5 Å². The number of likely N-dealkylation sites (tertiary alicyclic amines) is 1. The van der Waals surface area contributed by atoms with Crippen molar-refractivity contribution >= 4 is 11.6 Å². The molecule has 0 aromatic heterocycles. The van der Waals surface area contributed by atoms with E-state index in [9.17, 15) is 4.79 Å². The molecule has 0 radical (unpaired) electrons. The van der Waals surface area contributed by atoms with Crippen molar-refractivity contribution in [1.29, 1.82) is 0 Å². The van der Waals surface area contributed by atoms with Gasteiger partial charge in [0.1, 0.15) is 0 Å². The Morgan fingerprint density at radius 2 is 1.75 bits per heavy atom. The van der Waals surface area contributed by atoms with Gasteiger partial charge in [-0.3, -0.25) is 9.69 Å². The quantitative estimate of drug-likeness (QED) is 0.889. The second kappa shape index (κ2) is 7.60. The van der Waals surface area contributed by atoms with Crippen molar-refractivity contribution in [3.8, 4) is 0 Å². The van der Waals surface area contributed by atoms with Crippen LogP contribution in [0.25, 0.3) is 0 Å². The second-order valence-corrected chi connectivity index (χ2v) is 6.50. The van der Waals surface area contributed by atoms with E-state index in [2.05, 4.69) is 34.5 Å². The van der Waals surface area contributed by atoms with Crippen LogP contribution in [0.1, 0.15) is 18.4 Å². The third kappa shape index (κ3) is 3.66. The molecule has 3 N–H and O–H groups in total. The van der Waals surface area contributed by atoms with E-state index in [1.165, 1.54) is 5.56 Å². The molecule has 3 atom stereocenters. The Hall–Kier alpha value is -2.17. The number of hydrogen-bond donors (Lipinski definition) is 2. The third-order valence-electron chi connectivity index (χ3n) is 4.97. The van der Waals surface area contributed by atoms with Crippen LogP contribution in [0.2, 0.25) is 0 Å². The number of carbonyl (C=O) groups excluding carboxylic acids is 1. The van der Waals surface area contributed by atoms with Gasteiger partial charge in [0.25, 0.3) is 0 Å². The monoisotopic (exact) mass is 323 g/mol. The fraction of sp³-hybridized carbons (Fsp3) is 0.350. The summed E-state index contributed by atoms with van der Waals surface area (Å²) in [6.45, 7) is 4.34. The Morgan fingerprint density at radius 1 is 1.12 bits per heavy atom. The third-order valence-corrected chi connectivity index (χ3v) is 4.97. The molecule has 1 aliphatic rings. The zero-order valence-electron chi connectivity index (χ0n) is 14.1. The second-order valence-electron chi connectivity index (χ2n) is 6.50. The lowest BCUT2D eigenvalue weighted by Crippen LogP contribution is -2.41. The van der Waals surface area contributed by atoms with Crippen LogP contribution < -0.4 is 11.1 Å². The molecule has 0 bridgehead atoms. The minimum atomic E-state index is -0.173. The molecular formula is C20H25N3O. The van der Waals surface area contributed by atoms with E-state index in [-0.39, 0.29) is 11.9 Å². The molecule has 1 fully saturated rings. The molecule has 1 aliphatic heterocycles. The average Bonchev–Trinajstić information content (AvgIpc) is 3.07. The molecule has 3 rings (SSSR count). The molecule has 0 spiro atoms. The normalized spacial score (nSPS) is 22.2. The predicted octanol–water partition coefficient (Wildman–Crippen LogP) is 2.69. The first-order valence-corrected chi connectivity index (χ1v) is 8.54. The van der Waals surface area contributed by atoms with Crippen molar-refractivity contribution in [2.24, 2.45) is 11.7 Å². The van der Waals surface area contributed by atoms with Crippen LogP contribution in [0, 0.1) is 5.92 Å². The Morgan fingerprint density at radius 3 is 2.38 bits per heavy atom. The van der Waals surface area contributed by atoms with Gasteiger partial charge in [-0.05, 0) is 37.1 Å². The molecule has 0 saturated carbocycles. The number of para-hydroxylation sites is 1. The Labute approximate surface area is 143 Å². The van der Waals surface area contributed by atoms with Gasteiger partial charge < -0.3 is 11.1 Å². The zero-order valence-corrected chi connectivity index (χ0v) is 14.1. The van der Waals surface area contributed by atoms with E-state index in [0.29, 0.717) is 18.4 Å². The SMILES string of the molecule is CC(C(=O)Nc1ccccc1)N1C[C@@H](CN)[C@H](c2ccccc2)C1. The number of nitrogens with one attached hydrogen (secondary N) is 1. The molecule has 1 saturated heterocycles. The summed E-state index contributed by atoms with van der Waals surface area (Å²) in [5.74, 6) is 0.813. The first kappa shape index (κ1) is 16.7. The molecule has 2 aromatic carbocycles. The fourth-order valence-electron chi connectivity index (χ4n) is 3.47. The van der Waals surface area contributed by atoms with Gasteiger partial charge in [-0.15, -0.1) is 0 Å². The van der Waals surface area contributed by atoms with Crippen molar-refractivity contribution in [2.45, 2.75) is 18.9 Å². The van der Waals surface area contributed by atoms with Crippen molar-refractivity contribution in [3.05, 3.63) is 66.2 Å². The standard InChI is InChI=1S/C20H25N3O/c1-15(20(24)22-18-10-6-3-7-11-18)23-13-17(12-21)19(14-23)16-8-4-2-5-9-16/h2-11,15,17,19H,12-14,21H2,1H3,(H,22,24)/t15?,17-,19+/m1/s1. The summed E-state index contributed by atoms with van der Waals surface area (Å²) in [6.07, 6.45) is 0. The molecule has 1 heterocycles. The van der Waals surface area contributed by atoms with Gasteiger partial charge in [-0.2, -0.15) is 0 Å². The number of benzene rings is 2. The van der Waals surface area contributed by atoms with E-state index in [1.54, 1.807) is 0 Å². The summed E-state index contributed by atoms with van der Waals surface area (Å²) in [6, 6.07) is 19.9. The van der Waals surface area contributed by atoms with Gasteiger partial charge in [0, 0.05) is 24.7 Å². The fourth-order valence-corrected chi connectivity index (χ4v) is 3.47. The van der Waals surface area contributed by atoms with Crippen LogP contribution >= 0.6 is 0 Å². The summed E-state index contributed by atoms with van der Waals surface area (Å²) in [5, 5.41) is 2.99. The van der Waals surface area contributed by atoms with Crippen LogP contribution in [0.4, 0.5) is 5.69 Å². The topological polar surface area (TPSA) is 58.4 Å². The highest BCUT2D eigenvalue weighted by Gasteiger charge is 2.36. The number of nitrogens with two attached hydrogens (primary N) is 1. The van der Waals surface area contributed by atoms with Gasteiger partial charge in [0.2, 0.25) is 5.91 Å². The Balaban J connectivity index is 1.67. The van der Waals surface area contributed by atoms with Gasteiger partial charge >= 0.3 is 0 Å². The molecular weight excluding hydrogens is 298 g/mol. The van der Waals surface area contributed by atoms with Crippen LogP contribution in [-0.2, 0) is 4.79 Å². The van der Waals surface area contributed by atoms with Crippen molar-refractivity contribution < 1.29 is 4.79 Å². The van der Waals surface area contributed by atoms with Crippen molar-refractivity contribution in [1.82, 2.24) is 4.90 Å². The molecule has 4 heteroatoms. The highest BCUT2D eigenvalue weighted by Crippen LogP contribution is 2.33. The molecule has 1 unspecified atom stereocenters. The molecule has 126 valence electrons. The van der Waals surface area contributed by atoms with Gasteiger partial charge in [-0.25, -0.2) is 0 Å². The smallest absolute Gasteiger partial charge is 0.241 e. The highest BCUT2D eigenvalue weighted by molar-refractivity contribution is 5.94. The number of hydrogen-bond acceptors (Lipinski definition) is 3. The summed E-state index contributed by atoms with van der Waals surface area (Å²) in [7, 11) is 0. The molecule has 1 amide bonds. The maximum absolute atomic E-state index is 12.6. The number of anilines is 1. The van der Waals surface area contributed by atoms with E-state index >= 15 is 0 Å². The van der Waals surface area contributed by atoms with Gasteiger partial charge in [-0.1, -0.05) is 48.5 Å². The van der Waals surface area contributed by atoms with E-state index < -0.39 is 0 Å². The largest absolute Gasteiger partial charge is 0.330 e. The number of nitrogens with zero attached hydrogens (tertiary/aromatic N) is 1. The first-order valence-electron chi connectivity index (χ1n) is 8.54. The summed E-state index contributed by atoms with van der Waals surface area (Å²) < 4.78 is 0. The number of carbonyl (C=O) groups is 1. The highest BCUT2D eigenvalue weighted by atomic mass is 16.2. The maximum Gasteiger partial charge on any atom is 0.241 e. The maximum atomic E-state index is 12.6. The average molecular weight is 323 g/mol. The Bertz CT molecular complexity index is 659. The summed E-state index contributed by atoms with van der Waals surface area (Å²) >= 11 is 0. The predicted molar refractivity (Wildman–Crippen MR) is 97.8 cm³/mol. The lowest BCUT2D eigenvalue weighted by atomic mass is 9.89. The zero-order chi connectivity index (χ0) is 16.9. The first-order chi connectivity index (χ1) is 11.7. The molecule has 24 heavy (non-hydrogen) atoms. The van der Waals surface area contributed by atoms with Crippen molar-refractivity contribution in [3.63, 3.8) is 0 Å². The summed E-state index contributed by atoms with van der Waals surface area (Å²) in [4.78, 5) is 14.8. The molecule has 0 aliphatic carbocycles. The van der Waals surface area contributed by atoms with Gasteiger partial charge in [0.05, 0.1) is 6.04 Å². The number of amides is 1. The van der Waals surface area contributed by atoms with E-state index in [4.69, 9.17) is 5.73 Å².